The molecule has 0 saturated carbocycles. The molecular weight excluding hydrogens is 448 g/mol. The molecule has 0 unspecified atom stereocenters. The standard InChI is InChI=1S/C28H27F2N3O2/c1-20(22-11-7-4-8-12-22)33(17-23-13-14-24(29)15-25(23)30)18-27-31-26(19-35-27)28(34)32(2)16-21-9-5-3-6-10-21/h3-15,19-20H,16-18H2,1-2H3/t20-/m0/s1. The van der Waals surface area contributed by atoms with Crippen LogP contribution in [0.3, 0.4) is 0 Å². The molecule has 0 radical (unpaired) electrons. The Bertz CT molecular complexity index is 1260. The lowest BCUT2D eigenvalue weighted by atomic mass is 10.1. The molecule has 0 aliphatic rings. The second-order valence-electron chi connectivity index (χ2n) is 8.50. The number of oxazole rings is 1. The van der Waals surface area contributed by atoms with Crippen LogP contribution in [0.15, 0.2) is 89.5 Å². The van der Waals surface area contributed by atoms with Gasteiger partial charge in [0.1, 0.15) is 17.9 Å². The minimum atomic E-state index is -0.621. The number of carbonyl (C=O) groups excluding carboxylic acids is 1. The van der Waals surface area contributed by atoms with Gasteiger partial charge in [0.2, 0.25) is 5.89 Å². The van der Waals surface area contributed by atoms with E-state index in [2.05, 4.69) is 4.98 Å². The highest BCUT2D eigenvalue weighted by Crippen LogP contribution is 2.25. The molecule has 180 valence electrons. The molecule has 1 heterocycles. The van der Waals surface area contributed by atoms with Crippen molar-refractivity contribution >= 4 is 5.91 Å². The molecule has 0 saturated heterocycles. The van der Waals surface area contributed by atoms with Crippen LogP contribution in [0.1, 0.15) is 46.0 Å². The van der Waals surface area contributed by atoms with E-state index in [1.165, 1.54) is 18.4 Å². The summed E-state index contributed by atoms with van der Waals surface area (Å²) < 4.78 is 33.5. The van der Waals surface area contributed by atoms with Crippen LogP contribution in [0.25, 0.3) is 0 Å². The summed E-state index contributed by atoms with van der Waals surface area (Å²) in [5.74, 6) is -1.15. The van der Waals surface area contributed by atoms with Gasteiger partial charge in [-0.05, 0) is 24.1 Å². The molecule has 0 aliphatic heterocycles. The predicted molar refractivity (Wildman–Crippen MR) is 129 cm³/mol. The second-order valence-corrected chi connectivity index (χ2v) is 8.50. The average Bonchev–Trinajstić information content (AvgIpc) is 3.34. The van der Waals surface area contributed by atoms with Crippen LogP contribution in [0.4, 0.5) is 8.78 Å². The Morgan fingerprint density at radius 1 is 0.943 bits per heavy atom. The molecule has 7 heteroatoms. The van der Waals surface area contributed by atoms with Gasteiger partial charge in [-0.1, -0.05) is 66.7 Å². The molecule has 0 fully saturated rings. The van der Waals surface area contributed by atoms with E-state index in [9.17, 15) is 13.6 Å². The quantitative estimate of drug-likeness (QED) is 0.298. The first-order chi connectivity index (χ1) is 16.9. The highest BCUT2D eigenvalue weighted by molar-refractivity contribution is 5.91. The van der Waals surface area contributed by atoms with E-state index in [1.54, 1.807) is 11.9 Å². The van der Waals surface area contributed by atoms with Crippen LogP contribution in [0.5, 0.6) is 0 Å². The summed E-state index contributed by atoms with van der Waals surface area (Å²) in [7, 11) is 1.71. The highest BCUT2D eigenvalue weighted by atomic mass is 19.1. The maximum atomic E-state index is 14.4. The van der Waals surface area contributed by atoms with Crippen LogP contribution in [-0.2, 0) is 19.6 Å². The minimum absolute atomic E-state index is 0.118. The van der Waals surface area contributed by atoms with Crippen molar-refractivity contribution < 1.29 is 18.0 Å². The summed E-state index contributed by atoms with van der Waals surface area (Å²) in [5, 5.41) is 0. The fourth-order valence-electron chi connectivity index (χ4n) is 3.92. The molecule has 1 atom stereocenters. The summed E-state index contributed by atoms with van der Waals surface area (Å²) in [6.45, 7) is 2.90. The van der Waals surface area contributed by atoms with Crippen molar-refractivity contribution in [1.82, 2.24) is 14.8 Å². The number of nitrogens with zero attached hydrogens (tertiary/aromatic N) is 3. The molecule has 4 rings (SSSR count). The molecule has 4 aromatic rings. The Balaban J connectivity index is 1.52. The van der Waals surface area contributed by atoms with Crippen molar-refractivity contribution in [3.05, 3.63) is 125 Å². The SMILES string of the molecule is C[C@@H](c1ccccc1)N(Cc1nc(C(=O)N(C)Cc2ccccc2)co1)Cc1ccc(F)cc1F. The molecule has 0 N–H and O–H groups in total. The smallest absolute Gasteiger partial charge is 0.275 e. The first-order valence-electron chi connectivity index (χ1n) is 11.4. The van der Waals surface area contributed by atoms with Crippen LogP contribution in [0.2, 0.25) is 0 Å². The van der Waals surface area contributed by atoms with Crippen molar-refractivity contribution in [2.75, 3.05) is 7.05 Å². The summed E-state index contributed by atoms with van der Waals surface area (Å²) in [5.41, 5.74) is 2.61. The van der Waals surface area contributed by atoms with Crippen LogP contribution < -0.4 is 0 Å². The Hall–Kier alpha value is -3.84. The molecule has 0 bridgehead atoms. The average molecular weight is 476 g/mol. The third-order valence-corrected chi connectivity index (χ3v) is 5.94. The molecule has 3 aromatic carbocycles. The molecular formula is C28H27F2N3O2. The molecule has 1 amide bonds. The molecule has 0 aliphatic carbocycles. The van der Waals surface area contributed by atoms with Crippen molar-refractivity contribution in [2.45, 2.75) is 32.6 Å². The summed E-state index contributed by atoms with van der Waals surface area (Å²) in [6, 6.07) is 22.9. The maximum Gasteiger partial charge on any atom is 0.275 e. The first kappa shape index (κ1) is 24.3. The number of aromatic nitrogens is 1. The molecule has 0 spiro atoms. The number of halogens is 2. The minimum Gasteiger partial charge on any atom is -0.447 e. The van der Waals surface area contributed by atoms with Crippen molar-refractivity contribution in [2.24, 2.45) is 0 Å². The third-order valence-electron chi connectivity index (χ3n) is 5.94. The largest absolute Gasteiger partial charge is 0.447 e. The van der Waals surface area contributed by atoms with Gasteiger partial charge >= 0.3 is 0 Å². The van der Waals surface area contributed by atoms with E-state index in [0.717, 1.165) is 17.2 Å². The number of amides is 1. The monoisotopic (exact) mass is 475 g/mol. The lowest BCUT2D eigenvalue weighted by Gasteiger charge is -2.28. The van der Waals surface area contributed by atoms with Gasteiger partial charge in [-0.15, -0.1) is 0 Å². The van der Waals surface area contributed by atoms with Crippen molar-refractivity contribution in [3.63, 3.8) is 0 Å². The Labute approximate surface area is 203 Å². The first-order valence-corrected chi connectivity index (χ1v) is 11.4. The van der Waals surface area contributed by atoms with Gasteiger partial charge in [0.15, 0.2) is 5.69 Å². The van der Waals surface area contributed by atoms with Crippen LogP contribution >= 0.6 is 0 Å². The van der Waals surface area contributed by atoms with Gasteiger partial charge in [-0.3, -0.25) is 9.69 Å². The topological polar surface area (TPSA) is 49.6 Å². The number of rotatable bonds is 9. The zero-order chi connectivity index (χ0) is 24.8. The van der Waals surface area contributed by atoms with Crippen molar-refractivity contribution in [3.8, 4) is 0 Å². The Kier molecular flexibility index (Phi) is 7.67. The molecule has 5 nitrogen and oxygen atoms in total. The fourth-order valence-corrected chi connectivity index (χ4v) is 3.92. The van der Waals surface area contributed by atoms with E-state index >= 15 is 0 Å². The van der Waals surface area contributed by atoms with Gasteiger partial charge in [-0.25, -0.2) is 13.8 Å². The number of hydrogen-bond acceptors (Lipinski definition) is 4. The zero-order valence-corrected chi connectivity index (χ0v) is 19.7. The van der Waals surface area contributed by atoms with E-state index in [4.69, 9.17) is 4.42 Å². The lowest BCUT2D eigenvalue weighted by molar-refractivity contribution is 0.0779. The predicted octanol–water partition coefficient (Wildman–Crippen LogP) is 5.99. The second kappa shape index (κ2) is 11.1. The molecule has 1 aromatic heterocycles. The van der Waals surface area contributed by atoms with E-state index in [1.807, 2.05) is 72.5 Å². The zero-order valence-electron chi connectivity index (χ0n) is 19.7. The number of benzene rings is 3. The van der Waals surface area contributed by atoms with E-state index < -0.39 is 11.6 Å². The van der Waals surface area contributed by atoms with Crippen LogP contribution in [0, 0.1) is 11.6 Å². The van der Waals surface area contributed by atoms with Gasteiger partial charge < -0.3 is 9.32 Å². The molecule has 35 heavy (non-hydrogen) atoms. The summed E-state index contributed by atoms with van der Waals surface area (Å²) >= 11 is 0. The number of carbonyl (C=O) groups is 1. The van der Waals surface area contributed by atoms with Gasteiger partial charge in [0.05, 0.1) is 6.54 Å². The lowest BCUT2D eigenvalue weighted by Crippen LogP contribution is -2.28. The summed E-state index contributed by atoms with van der Waals surface area (Å²) in [4.78, 5) is 20.8. The van der Waals surface area contributed by atoms with Gasteiger partial charge in [0.25, 0.3) is 5.91 Å². The maximum absolute atomic E-state index is 14.4. The van der Waals surface area contributed by atoms with E-state index in [0.29, 0.717) is 18.0 Å². The van der Waals surface area contributed by atoms with Gasteiger partial charge in [0, 0.05) is 37.8 Å². The fraction of sp³-hybridized carbons (Fsp3) is 0.214. The third kappa shape index (κ3) is 6.19. The Morgan fingerprint density at radius 3 is 2.31 bits per heavy atom. The van der Waals surface area contributed by atoms with Crippen LogP contribution in [-0.4, -0.2) is 27.7 Å². The van der Waals surface area contributed by atoms with Gasteiger partial charge in [-0.2, -0.15) is 0 Å². The summed E-state index contributed by atoms with van der Waals surface area (Å²) in [6.07, 6.45) is 1.35. The Morgan fingerprint density at radius 2 is 1.63 bits per heavy atom. The normalized spacial score (nSPS) is 12.0. The van der Waals surface area contributed by atoms with Crippen molar-refractivity contribution in [1.29, 1.82) is 0 Å². The number of hydrogen-bond donors (Lipinski definition) is 0. The highest BCUT2D eigenvalue weighted by Gasteiger charge is 2.22. The van der Waals surface area contributed by atoms with E-state index in [-0.39, 0.29) is 30.7 Å².